The minimum atomic E-state index is -4.57. The van der Waals surface area contributed by atoms with Crippen LogP contribution in [0.25, 0.3) is 22.5 Å². The molecular weight excluding hydrogens is 437 g/mol. The second-order valence-electron chi connectivity index (χ2n) is 7.45. The van der Waals surface area contributed by atoms with Crippen molar-refractivity contribution in [1.82, 2.24) is 14.8 Å². The summed E-state index contributed by atoms with van der Waals surface area (Å²) in [5.74, 6) is -0.0273. The number of hydrogen-bond donors (Lipinski definition) is 1. The zero-order valence-corrected chi connectivity index (χ0v) is 18.2. The maximum atomic E-state index is 13.4. The molecule has 0 atom stereocenters. The monoisotopic (exact) mass is 458 g/mol. The number of amides is 1. The average molecular weight is 458 g/mol. The first-order chi connectivity index (χ1) is 15.7. The summed E-state index contributed by atoms with van der Waals surface area (Å²) in [6.45, 7) is 3.89. The molecule has 0 aliphatic carbocycles. The summed E-state index contributed by atoms with van der Waals surface area (Å²) >= 11 is 0. The van der Waals surface area contributed by atoms with Gasteiger partial charge in [0.15, 0.2) is 11.4 Å². The lowest BCUT2D eigenvalue weighted by Gasteiger charge is -2.15. The lowest BCUT2D eigenvalue weighted by atomic mass is 10.1. The van der Waals surface area contributed by atoms with E-state index in [2.05, 4.69) is 15.4 Å². The molecule has 33 heavy (non-hydrogen) atoms. The highest BCUT2D eigenvalue weighted by Crippen LogP contribution is 2.36. The number of aryl methyl sites for hydroxylation is 2. The Morgan fingerprint density at radius 2 is 2.03 bits per heavy atom. The van der Waals surface area contributed by atoms with Crippen LogP contribution in [0.3, 0.4) is 0 Å². The topological polar surface area (TPSA) is 82.2 Å². The van der Waals surface area contributed by atoms with Crippen LogP contribution in [0.2, 0.25) is 0 Å². The number of carbonyl (C=O) groups is 1. The maximum absolute atomic E-state index is 13.4. The van der Waals surface area contributed by atoms with E-state index in [0.29, 0.717) is 34.6 Å². The smallest absolute Gasteiger partial charge is 0.416 e. The van der Waals surface area contributed by atoms with Crippen LogP contribution in [0.1, 0.15) is 35.0 Å². The molecule has 172 valence electrons. The molecule has 10 heteroatoms. The third kappa shape index (κ3) is 4.41. The highest BCUT2D eigenvalue weighted by atomic mass is 19.4. The SMILES string of the molecule is CCCOc1ccc(C(F)(F)F)cc1NC(=O)c1cc(-c2ccco2)nc2c1c(C)nn2C. The number of alkyl halides is 3. The van der Waals surface area contributed by atoms with Gasteiger partial charge in [-0.2, -0.15) is 18.3 Å². The zero-order chi connectivity index (χ0) is 23.8. The van der Waals surface area contributed by atoms with Crippen LogP contribution in [0, 0.1) is 6.92 Å². The third-order valence-corrected chi connectivity index (χ3v) is 5.00. The van der Waals surface area contributed by atoms with Gasteiger partial charge in [0.05, 0.1) is 40.8 Å². The Kier molecular flexibility index (Phi) is 5.84. The van der Waals surface area contributed by atoms with Crippen molar-refractivity contribution in [3.8, 4) is 17.2 Å². The van der Waals surface area contributed by atoms with Crippen molar-refractivity contribution in [1.29, 1.82) is 0 Å². The zero-order valence-electron chi connectivity index (χ0n) is 18.2. The van der Waals surface area contributed by atoms with E-state index in [1.165, 1.54) is 23.1 Å². The van der Waals surface area contributed by atoms with Crippen LogP contribution in [-0.2, 0) is 13.2 Å². The number of halogens is 3. The van der Waals surface area contributed by atoms with E-state index in [9.17, 15) is 18.0 Å². The van der Waals surface area contributed by atoms with E-state index in [0.717, 1.165) is 12.1 Å². The first-order valence-electron chi connectivity index (χ1n) is 10.2. The van der Waals surface area contributed by atoms with Crippen molar-refractivity contribution in [2.24, 2.45) is 7.05 Å². The Morgan fingerprint density at radius 1 is 1.24 bits per heavy atom. The van der Waals surface area contributed by atoms with E-state index < -0.39 is 17.6 Å². The van der Waals surface area contributed by atoms with Crippen molar-refractivity contribution >= 4 is 22.6 Å². The molecule has 0 unspecified atom stereocenters. The molecule has 1 N–H and O–H groups in total. The first kappa shape index (κ1) is 22.4. The fourth-order valence-electron chi connectivity index (χ4n) is 3.51. The summed E-state index contributed by atoms with van der Waals surface area (Å²) in [6, 6.07) is 7.92. The molecule has 0 spiro atoms. The summed E-state index contributed by atoms with van der Waals surface area (Å²) < 4.78 is 52.4. The lowest BCUT2D eigenvalue weighted by Crippen LogP contribution is -2.15. The number of anilines is 1. The number of aromatic nitrogens is 3. The fraction of sp³-hybridized carbons (Fsp3) is 0.261. The Labute approximate surface area is 187 Å². The summed E-state index contributed by atoms with van der Waals surface area (Å²) in [4.78, 5) is 17.9. The molecule has 3 heterocycles. The number of nitrogens with zero attached hydrogens (tertiary/aromatic N) is 3. The van der Waals surface area contributed by atoms with Crippen LogP contribution in [0.4, 0.5) is 18.9 Å². The molecule has 7 nitrogen and oxygen atoms in total. The maximum Gasteiger partial charge on any atom is 0.416 e. The standard InChI is InChI=1S/C23H21F3N4O3/c1-4-9-32-19-8-7-14(23(24,25)26)11-16(19)28-22(31)15-12-17(18-6-5-10-33-18)27-21-20(15)13(2)29-30(21)3/h5-8,10-12H,4,9H2,1-3H3,(H,28,31). The van der Waals surface area contributed by atoms with Crippen LogP contribution in [-0.4, -0.2) is 27.3 Å². The summed E-state index contributed by atoms with van der Waals surface area (Å²) in [5.41, 5.74) is 0.633. The summed E-state index contributed by atoms with van der Waals surface area (Å²) in [6.07, 6.45) is -2.44. The molecule has 0 bridgehead atoms. The Morgan fingerprint density at radius 3 is 2.70 bits per heavy atom. The van der Waals surface area contributed by atoms with Crippen LogP contribution < -0.4 is 10.1 Å². The summed E-state index contributed by atoms with van der Waals surface area (Å²) in [7, 11) is 1.69. The molecule has 4 aromatic rings. The second-order valence-corrected chi connectivity index (χ2v) is 7.45. The third-order valence-electron chi connectivity index (χ3n) is 5.00. The molecule has 0 aliphatic rings. The van der Waals surface area contributed by atoms with Gasteiger partial charge in [-0.1, -0.05) is 6.92 Å². The number of benzene rings is 1. The second kappa shape index (κ2) is 8.61. The lowest BCUT2D eigenvalue weighted by molar-refractivity contribution is -0.137. The van der Waals surface area contributed by atoms with Crippen molar-refractivity contribution in [3.63, 3.8) is 0 Å². The van der Waals surface area contributed by atoms with Gasteiger partial charge in [-0.05, 0) is 49.7 Å². The van der Waals surface area contributed by atoms with E-state index in [1.807, 2.05) is 6.92 Å². The van der Waals surface area contributed by atoms with Gasteiger partial charge in [0.25, 0.3) is 5.91 Å². The van der Waals surface area contributed by atoms with Gasteiger partial charge >= 0.3 is 6.18 Å². The van der Waals surface area contributed by atoms with Crippen molar-refractivity contribution in [3.05, 3.63) is 59.5 Å². The number of hydrogen-bond acceptors (Lipinski definition) is 5. The molecule has 0 fully saturated rings. The van der Waals surface area contributed by atoms with Gasteiger partial charge in [-0.3, -0.25) is 9.48 Å². The number of fused-ring (bicyclic) bond motifs is 1. The Balaban J connectivity index is 1.81. The number of nitrogens with one attached hydrogen (secondary N) is 1. The largest absolute Gasteiger partial charge is 0.491 e. The number of furan rings is 1. The molecule has 4 rings (SSSR count). The van der Waals surface area contributed by atoms with Gasteiger partial charge in [-0.15, -0.1) is 0 Å². The highest BCUT2D eigenvalue weighted by Gasteiger charge is 2.31. The van der Waals surface area contributed by atoms with Crippen molar-refractivity contribution in [2.75, 3.05) is 11.9 Å². The van der Waals surface area contributed by atoms with E-state index in [1.54, 1.807) is 26.1 Å². The number of pyridine rings is 1. The van der Waals surface area contributed by atoms with Gasteiger partial charge in [0.1, 0.15) is 11.4 Å². The minimum absolute atomic E-state index is 0.0747. The predicted molar refractivity (Wildman–Crippen MR) is 116 cm³/mol. The molecular formula is C23H21F3N4O3. The van der Waals surface area contributed by atoms with Crippen LogP contribution in [0.5, 0.6) is 5.75 Å². The Bertz CT molecular complexity index is 1310. The van der Waals surface area contributed by atoms with E-state index in [-0.39, 0.29) is 23.6 Å². The van der Waals surface area contributed by atoms with Gasteiger partial charge < -0.3 is 14.5 Å². The number of rotatable bonds is 6. The minimum Gasteiger partial charge on any atom is -0.491 e. The van der Waals surface area contributed by atoms with Crippen molar-refractivity contribution < 1.29 is 27.1 Å². The number of carbonyl (C=O) groups excluding carboxylic acids is 1. The Hall–Kier alpha value is -3.82. The number of ether oxygens (including phenoxy) is 1. The molecule has 0 saturated carbocycles. The fourth-order valence-corrected chi connectivity index (χ4v) is 3.51. The average Bonchev–Trinajstić information content (AvgIpc) is 3.40. The molecule has 0 saturated heterocycles. The summed E-state index contributed by atoms with van der Waals surface area (Å²) in [5, 5.41) is 7.42. The van der Waals surface area contributed by atoms with Crippen molar-refractivity contribution in [2.45, 2.75) is 26.4 Å². The molecule has 0 radical (unpaired) electrons. The van der Waals surface area contributed by atoms with Crippen LogP contribution in [0.15, 0.2) is 47.1 Å². The highest BCUT2D eigenvalue weighted by molar-refractivity contribution is 6.13. The molecule has 3 aromatic heterocycles. The van der Waals surface area contributed by atoms with E-state index >= 15 is 0 Å². The quantitative estimate of drug-likeness (QED) is 0.407. The normalized spacial score (nSPS) is 11.7. The van der Waals surface area contributed by atoms with Gasteiger partial charge in [0, 0.05) is 7.05 Å². The molecule has 1 amide bonds. The van der Waals surface area contributed by atoms with E-state index in [4.69, 9.17) is 9.15 Å². The molecule has 0 aliphatic heterocycles. The van der Waals surface area contributed by atoms with Gasteiger partial charge in [0.2, 0.25) is 0 Å². The first-order valence-corrected chi connectivity index (χ1v) is 10.2. The molecule has 1 aromatic carbocycles. The van der Waals surface area contributed by atoms with Crippen LogP contribution >= 0.6 is 0 Å². The predicted octanol–water partition coefficient (Wildman–Crippen LogP) is 5.60. The van der Waals surface area contributed by atoms with Gasteiger partial charge in [-0.25, -0.2) is 4.98 Å².